The largest absolute Gasteiger partial charge is 0.471 e. The molecule has 1 aromatic heterocycles. The van der Waals surface area contributed by atoms with E-state index in [9.17, 15) is 22.4 Å². The van der Waals surface area contributed by atoms with E-state index < -0.39 is 29.8 Å². The molecular formula is C14H11F4N3O4. The first-order valence-electron chi connectivity index (χ1n) is 7.10. The van der Waals surface area contributed by atoms with Gasteiger partial charge in [0.2, 0.25) is 5.82 Å². The van der Waals surface area contributed by atoms with Crippen LogP contribution in [0.1, 0.15) is 5.89 Å². The van der Waals surface area contributed by atoms with Gasteiger partial charge in [-0.05, 0) is 12.1 Å². The van der Waals surface area contributed by atoms with Gasteiger partial charge in [0.25, 0.3) is 0 Å². The molecule has 7 nitrogen and oxygen atoms in total. The molecule has 1 aliphatic heterocycles. The zero-order valence-corrected chi connectivity index (χ0v) is 12.5. The Balaban J connectivity index is 1.74. The number of rotatable bonds is 2. The molecule has 2 aromatic rings. The quantitative estimate of drug-likeness (QED) is 0.766. The molecule has 1 aromatic carbocycles. The second-order valence-electron chi connectivity index (χ2n) is 5.03. The molecule has 0 aliphatic carbocycles. The SMILES string of the molecule is O=C(Oc1ccc(-c2noc(C(F)(F)F)n2)c(F)c1)N1CCOCC1. The average Bonchev–Trinajstić information content (AvgIpc) is 3.06. The van der Waals surface area contributed by atoms with Crippen LogP contribution in [-0.4, -0.2) is 47.4 Å². The molecule has 1 saturated heterocycles. The maximum absolute atomic E-state index is 14.1. The lowest BCUT2D eigenvalue weighted by atomic mass is 10.2. The summed E-state index contributed by atoms with van der Waals surface area (Å²) in [6.45, 7) is 1.45. The number of hydrogen-bond donors (Lipinski definition) is 0. The minimum atomic E-state index is -4.82. The molecule has 3 rings (SSSR count). The molecule has 0 atom stereocenters. The summed E-state index contributed by atoms with van der Waals surface area (Å²) in [5.74, 6) is -3.19. The summed E-state index contributed by atoms with van der Waals surface area (Å²) in [5.41, 5.74) is -0.314. The van der Waals surface area contributed by atoms with Crippen molar-refractivity contribution >= 4 is 6.09 Å². The third kappa shape index (κ3) is 3.87. The van der Waals surface area contributed by atoms with E-state index in [4.69, 9.17) is 9.47 Å². The van der Waals surface area contributed by atoms with Crippen LogP contribution in [0.15, 0.2) is 22.7 Å². The van der Waals surface area contributed by atoms with E-state index in [0.29, 0.717) is 26.3 Å². The highest BCUT2D eigenvalue weighted by Gasteiger charge is 2.38. The Bertz CT molecular complexity index is 772. The molecule has 0 spiro atoms. The van der Waals surface area contributed by atoms with Gasteiger partial charge < -0.3 is 18.9 Å². The fraction of sp³-hybridized carbons (Fsp3) is 0.357. The molecule has 0 radical (unpaired) electrons. The number of carbonyl (C=O) groups excluding carboxylic acids is 1. The van der Waals surface area contributed by atoms with Crippen molar-refractivity contribution in [1.29, 1.82) is 0 Å². The number of benzene rings is 1. The molecule has 2 heterocycles. The van der Waals surface area contributed by atoms with Crippen LogP contribution >= 0.6 is 0 Å². The van der Waals surface area contributed by atoms with Gasteiger partial charge in [0.15, 0.2) is 0 Å². The van der Waals surface area contributed by atoms with Crippen LogP contribution in [-0.2, 0) is 10.9 Å². The molecule has 25 heavy (non-hydrogen) atoms. The van der Waals surface area contributed by atoms with Crippen molar-refractivity contribution in [3.05, 3.63) is 29.9 Å². The molecular weight excluding hydrogens is 350 g/mol. The standard InChI is InChI=1S/C14H11F4N3O4/c15-10-7-8(24-13(22)21-3-5-23-6-4-21)1-2-9(10)11-19-12(25-20-11)14(16,17)18/h1-2,7H,3-6H2. The predicted octanol–water partition coefficient (Wildman–Crippen LogP) is 2.73. The molecule has 0 unspecified atom stereocenters. The number of nitrogens with zero attached hydrogens (tertiary/aromatic N) is 3. The lowest BCUT2D eigenvalue weighted by Crippen LogP contribution is -2.42. The summed E-state index contributed by atoms with van der Waals surface area (Å²) in [6, 6.07) is 3.18. The summed E-state index contributed by atoms with van der Waals surface area (Å²) in [7, 11) is 0. The van der Waals surface area contributed by atoms with E-state index in [1.807, 2.05) is 0 Å². The van der Waals surface area contributed by atoms with Crippen LogP contribution in [0.4, 0.5) is 22.4 Å². The highest BCUT2D eigenvalue weighted by Crippen LogP contribution is 2.31. The second-order valence-corrected chi connectivity index (χ2v) is 5.03. The molecule has 1 fully saturated rings. The van der Waals surface area contributed by atoms with Gasteiger partial charge in [0.05, 0.1) is 18.8 Å². The first-order valence-corrected chi connectivity index (χ1v) is 7.10. The van der Waals surface area contributed by atoms with Crippen molar-refractivity contribution < 1.29 is 36.4 Å². The third-order valence-electron chi connectivity index (χ3n) is 3.32. The van der Waals surface area contributed by atoms with Gasteiger partial charge in [-0.1, -0.05) is 5.16 Å². The Hall–Kier alpha value is -2.69. The Kier molecular flexibility index (Phi) is 4.57. The Morgan fingerprint density at radius 3 is 2.56 bits per heavy atom. The van der Waals surface area contributed by atoms with Gasteiger partial charge in [-0.15, -0.1) is 0 Å². The van der Waals surface area contributed by atoms with Gasteiger partial charge in [0, 0.05) is 19.2 Å². The zero-order valence-electron chi connectivity index (χ0n) is 12.5. The number of carbonyl (C=O) groups is 1. The molecule has 0 saturated carbocycles. The number of alkyl halides is 3. The Morgan fingerprint density at radius 1 is 1.24 bits per heavy atom. The third-order valence-corrected chi connectivity index (χ3v) is 3.32. The minimum Gasteiger partial charge on any atom is -0.410 e. The molecule has 0 N–H and O–H groups in total. The van der Waals surface area contributed by atoms with Crippen molar-refractivity contribution in [2.75, 3.05) is 26.3 Å². The van der Waals surface area contributed by atoms with Gasteiger partial charge in [-0.2, -0.15) is 18.2 Å². The molecule has 1 aliphatic rings. The summed E-state index contributed by atoms with van der Waals surface area (Å²) in [6.07, 6.45) is -5.50. The van der Waals surface area contributed by atoms with Crippen molar-refractivity contribution in [3.63, 3.8) is 0 Å². The van der Waals surface area contributed by atoms with E-state index in [2.05, 4.69) is 14.7 Å². The lowest BCUT2D eigenvalue weighted by Gasteiger charge is -2.25. The van der Waals surface area contributed by atoms with Gasteiger partial charge in [-0.3, -0.25) is 0 Å². The second kappa shape index (κ2) is 6.67. The smallest absolute Gasteiger partial charge is 0.410 e. The number of morpholine rings is 1. The van der Waals surface area contributed by atoms with Gasteiger partial charge >= 0.3 is 18.2 Å². The fourth-order valence-electron chi connectivity index (χ4n) is 2.10. The molecule has 134 valence electrons. The highest BCUT2D eigenvalue weighted by molar-refractivity contribution is 5.71. The van der Waals surface area contributed by atoms with Crippen LogP contribution < -0.4 is 4.74 Å². The Labute approximate surface area is 138 Å². The van der Waals surface area contributed by atoms with Crippen molar-refractivity contribution in [3.8, 4) is 17.1 Å². The van der Waals surface area contributed by atoms with Gasteiger partial charge in [-0.25, -0.2) is 9.18 Å². The summed E-state index contributed by atoms with van der Waals surface area (Å²) in [4.78, 5) is 16.4. The van der Waals surface area contributed by atoms with E-state index >= 15 is 0 Å². The first-order chi connectivity index (χ1) is 11.8. The Morgan fingerprint density at radius 2 is 1.96 bits per heavy atom. The predicted molar refractivity (Wildman–Crippen MR) is 73.1 cm³/mol. The van der Waals surface area contributed by atoms with Crippen LogP contribution in [0, 0.1) is 5.82 Å². The van der Waals surface area contributed by atoms with Crippen LogP contribution in [0.2, 0.25) is 0 Å². The van der Waals surface area contributed by atoms with E-state index in [1.54, 1.807) is 0 Å². The average molecular weight is 361 g/mol. The van der Waals surface area contributed by atoms with Crippen LogP contribution in [0.5, 0.6) is 5.75 Å². The van der Waals surface area contributed by atoms with Crippen LogP contribution in [0.3, 0.4) is 0 Å². The maximum atomic E-state index is 14.1. The molecule has 1 amide bonds. The van der Waals surface area contributed by atoms with E-state index in [1.165, 1.54) is 11.0 Å². The van der Waals surface area contributed by atoms with Crippen LogP contribution in [0.25, 0.3) is 11.4 Å². The van der Waals surface area contributed by atoms with Crippen molar-refractivity contribution in [1.82, 2.24) is 15.0 Å². The molecule has 0 bridgehead atoms. The number of amides is 1. The summed E-state index contributed by atoms with van der Waals surface area (Å²) >= 11 is 0. The maximum Gasteiger partial charge on any atom is 0.471 e. The van der Waals surface area contributed by atoms with Crippen molar-refractivity contribution in [2.45, 2.75) is 6.18 Å². The minimum absolute atomic E-state index is 0.0997. The number of halogens is 4. The fourth-order valence-corrected chi connectivity index (χ4v) is 2.10. The molecule has 11 heteroatoms. The lowest BCUT2D eigenvalue weighted by molar-refractivity contribution is -0.159. The topological polar surface area (TPSA) is 77.7 Å². The van der Waals surface area contributed by atoms with Gasteiger partial charge in [0.1, 0.15) is 11.6 Å². The van der Waals surface area contributed by atoms with E-state index in [0.717, 1.165) is 12.1 Å². The number of hydrogen-bond acceptors (Lipinski definition) is 6. The normalized spacial score (nSPS) is 15.3. The summed E-state index contributed by atoms with van der Waals surface area (Å²) < 4.78 is 65.6. The van der Waals surface area contributed by atoms with Crippen molar-refractivity contribution in [2.24, 2.45) is 0 Å². The monoisotopic (exact) mass is 361 g/mol. The number of aromatic nitrogens is 2. The zero-order chi connectivity index (χ0) is 18.0. The number of ether oxygens (including phenoxy) is 2. The first kappa shape index (κ1) is 17.1. The highest BCUT2D eigenvalue weighted by atomic mass is 19.4. The van der Waals surface area contributed by atoms with E-state index in [-0.39, 0.29) is 11.3 Å². The summed E-state index contributed by atoms with van der Waals surface area (Å²) in [5, 5.41) is 3.10.